The fraction of sp³-hybridized carbons (Fsp3) is 0.714. The van der Waals surface area contributed by atoms with Crippen molar-refractivity contribution in [3.8, 4) is 0 Å². The molecule has 0 aliphatic rings. The second-order valence-corrected chi connectivity index (χ2v) is 4.87. The maximum Gasteiger partial charge on any atom is 0.216 e. The fourth-order valence-corrected chi connectivity index (χ4v) is 0.778. The van der Waals surface area contributed by atoms with Gasteiger partial charge >= 0.3 is 0 Å². The minimum Gasteiger partial charge on any atom is -0.392 e. The van der Waals surface area contributed by atoms with Crippen LogP contribution < -0.4 is 0 Å². The van der Waals surface area contributed by atoms with Gasteiger partial charge in [-0.3, -0.25) is 0 Å². The molecule has 2 N–H and O–H groups in total. The van der Waals surface area contributed by atoms with Crippen molar-refractivity contribution in [1.82, 2.24) is 0 Å². The first-order valence-corrected chi connectivity index (χ1v) is 4.52. The first-order valence-electron chi connectivity index (χ1n) is 3.39. The minimum atomic E-state index is -1.66. The fourth-order valence-electron chi connectivity index (χ4n) is 0.511. The van der Waals surface area contributed by atoms with Gasteiger partial charge in [-0.05, 0) is 13.3 Å². The summed E-state index contributed by atoms with van der Waals surface area (Å²) >= 11 is 16.2. The second-order valence-electron chi connectivity index (χ2n) is 2.50. The molecule has 0 spiro atoms. The van der Waals surface area contributed by atoms with Crippen molar-refractivity contribution < 1.29 is 10.2 Å². The quantitative estimate of drug-likeness (QED) is 0.579. The van der Waals surface area contributed by atoms with Crippen LogP contribution in [0.5, 0.6) is 0 Å². The maximum absolute atomic E-state index is 9.21. The second kappa shape index (κ2) is 5.30. The molecule has 12 heavy (non-hydrogen) atoms. The lowest BCUT2D eigenvalue weighted by molar-refractivity contribution is 0.181. The molecule has 1 atom stereocenters. The summed E-state index contributed by atoms with van der Waals surface area (Å²) in [4.78, 5) is 0. The van der Waals surface area contributed by atoms with Crippen LogP contribution in [0.3, 0.4) is 0 Å². The van der Waals surface area contributed by atoms with Gasteiger partial charge in [0.05, 0.1) is 6.61 Å². The molecular formula is C7H11Cl3O2. The lowest BCUT2D eigenvalue weighted by Crippen LogP contribution is -2.24. The van der Waals surface area contributed by atoms with Crippen molar-refractivity contribution >= 4 is 34.8 Å². The molecule has 5 heteroatoms. The molecule has 0 saturated carbocycles. The van der Waals surface area contributed by atoms with Crippen molar-refractivity contribution in [3.05, 3.63) is 11.6 Å². The molecule has 0 aromatic rings. The van der Waals surface area contributed by atoms with E-state index in [0.29, 0.717) is 0 Å². The zero-order chi connectivity index (χ0) is 9.78. The Morgan fingerprint density at radius 1 is 1.50 bits per heavy atom. The first kappa shape index (κ1) is 12.5. The molecule has 0 fully saturated rings. The van der Waals surface area contributed by atoms with Gasteiger partial charge in [0.1, 0.15) is 6.10 Å². The highest BCUT2D eigenvalue weighted by atomic mass is 35.6. The molecule has 0 aliphatic heterocycles. The molecule has 0 rings (SSSR count). The summed E-state index contributed by atoms with van der Waals surface area (Å²) in [7, 11) is 0. The van der Waals surface area contributed by atoms with Gasteiger partial charge in [-0.25, -0.2) is 0 Å². The number of alkyl halides is 3. The van der Waals surface area contributed by atoms with E-state index >= 15 is 0 Å². The third-order valence-electron chi connectivity index (χ3n) is 1.32. The summed E-state index contributed by atoms with van der Waals surface area (Å²) in [6.45, 7) is 1.68. The summed E-state index contributed by atoms with van der Waals surface area (Å²) in [6.07, 6.45) is 0.819. The predicted molar refractivity (Wildman–Crippen MR) is 51.8 cm³/mol. The van der Waals surface area contributed by atoms with Gasteiger partial charge < -0.3 is 10.2 Å². The number of halogens is 3. The molecule has 0 aromatic heterocycles. The van der Waals surface area contributed by atoms with E-state index in [1.54, 1.807) is 13.0 Å². The van der Waals surface area contributed by atoms with Crippen LogP contribution in [0.15, 0.2) is 11.6 Å². The Balaban J connectivity index is 3.94. The zero-order valence-corrected chi connectivity index (χ0v) is 8.87. The van der Waals surface area contributed by atoms with E-state index in [1.165, 1.54) is 0 Å². The van der Waals surface area contributed by atoms with E-state index in [1.807, 2.05) is 0 Å². The monoisotopic (exact) mass is 232 g/mol. The topological polar surface area (TPSA) is 40.5 Å². The van der Waals surface area contributed by atoms with Crippen molar-refractivity contribution in [2.45, 2.75) is 23.2 Å². The van der Waals surface area contributed by atoms with E-state index in [2.05, 4.69) is 0 Å². The Morgan fingerprint density at radius 2 is 2.00 bits per heavy atom. The molecule has 72 valence electrons. The van der Waals surface area contributed by atoms with Crippen molar-refractivity contribution in [3.63, 3.8) is 0 Å². The summed E-state index contributed by atoms with van der Waals surface area (Å²) in [5.74, 6) is 0. The standard InChI is InChI=1S/C7H11Cl3O2/c1-5(4-11)2-3-6(12)7(8,9)10/h2,6,11-12H,3-4H2,1H3/b5-2+/t6-/m1/s1. The number of hydrogen-bond acceptors (Lipinski definition) is 2. The SMILES string of the molecule is C/C(=C\C[C@@H](O)C(Cl)(Cl)Cl)CO. The van der Waals surface area contributed by atoms with Crippen molar-refractivity contribution in [2.75, 3.05) is 6.61 Å². The van der Waals surface area contributed by atoms with Crippen molar-refractivity contribution in [1.29, 1.82) is 0 Å². The number of aliphatic hydroxyl groups excluding tert-OH is 2. The van der Waals surface area contributed by atoms with Crippen molar-refractivity contribution in [2.24, 2.45) is 0 Å². The van der Waals surface area contributed by atoms with Crippen LogP contribution in [-0.2, 0) is 0 Å². The number of aliphatic hydroxyl groups is 2. The van der Waals surface area contributed by atoms with Crippen LogP contribution in [0, 0.1) is 0 Å². The van der Waals surface area contributed by atoms with Gasteiger partial charge in [-0.2, -0.15) is 0 Å². The van der Waals surface area contributed by atoms with Crippen LogP contribution in [0.2, 0.25) is 0 Å². The number of hydrogen-bond donors (Lipinski definition) is 2. The third kappa shape index (κ3) is 5.22. The van der Waals surface area contributed by atoms with E-state index < -0.39 is 9.90 Å². The van der Waals surface area contributed by atoms with Gasteiger partial charge in [-0.15, -0.1) is 0 Å². The molecule has 0 aromatic carbocycles. The highest BCUT2D eigenvalue weighted by Gasteiger charge is 2.29. The van der Waals surface area contributed by atoms with Crippen LogP contribution in [0.25, 0.3) is 0 Å². The molecule has 0 aliphatic carbocycles. The highest BCUT2D eigenvalue weighted by Crippen LogP contribution is 2.32. The Hall–Kier alpha value is 0.530. The molecule has 0 amide bonds. The lowest BCUT2D eigenvalue weighted by atomic mass is 10.2. The van der Waals surface area contributed by atoms with Gasteiger partial charge in [-0.1, -0.05) is 46.5 Å². The summed E-state index contributed by atoms with van der Waals surface area (Å²) in [5.41, 5.74) is 0.739. The molecular weight excluding hydrogens is 222 g/mol. The Bertz CT molecular complexity index is 163. The van der Waals surface area contributed by atoms with Gasteiger partial charge in [0.15, 0.2) is 0 Å². The molecule has 0 unspecified atom stereocenters. The summed E-state index contributed by atoms with van der Waals surface area (Å²) < 4.78 is -1.66. The van der Waals surface area contributed by atoms with Gasteiger partial charge in [0, 0.05) is 0 Å². The maximum atomic E-state index is 9.21. The van der Waals surface area contributed by atoms with Crippen LogP contribution in [0.1, 0.15) is 13.3 Å². The Morgan fingerprint density at radius 3 is 2.33 bits per heavy atom. The minimum absolute atomic E-state index is 0.0490. The van der Waals surface area contributed by atoms with E-state index in [9.17, 15) is 5.11 Å². The number of rotatable bonds is 3. The molecule has 0 bridgehead atoms. The molecule has 0 heterocycles. The molecule has 0 saturated heterocycles. The average Bonchev–Trinajstić information content (AvgIpc) is 1.97. The van der Waals surface area contributed by atoms with Crippen LogP contribution >= 0.6 is 34.8 Å². The van der Waals surface area contributed by atoms with E-state index in [4.69, 9.17) is 39.9 Å². The third-order valence-corrected chi connectivity index (χ3v) is 2.07. The summed E-state index contributed by atoms with van der Waals surface area (Å²) in [6, 6.07) is 0. The average molecular weight is 234 g/mol. The largest absolute Gasteiger partial charge is 0.392 e. The molecule has 0 radical (unpaired) electrons. The Labute approximate surface area is 86.7 Å². The van der Waals surface area contributed by atoms with E-state index in [-0.39, 0.29) is 13.0 Å². The van der Waals surface area contributed by atoms with Crippen LogP contribution in [-0.4, -0.2) is 26.7 Å². The molecule has 2 nitrogen and oxygen atoms in total. The Kier molecular flexibility index (Phi) is 5.53. The van der Waals surface area contributed by atoms with Crippen LogP contribution in [0.4, 0.5) is 0 Å². The summed E-state index contributed by atoms with van der Waals surface area (Å²) in [5, 5.41) is 17.8. The van der Waals surface area contributed by atoms with Gasteiger partial charge in [0.2, 0.25) is 3.79 Å². The lowest BCUT2D eigenvalue weighted by Gasteiger charge is -2.17. The smallest absolute Gasteiger partial charge is 0.216 e. The first-order chi connectivity index (χ1) is 5.38. The predicted octanol–water partition coefficient (Wildman–Crippen LogP) is 2.05. The highest BCUT2D eigenvalue weighted by molar-refractivity contribution is 6.68. The van der Waals surface area contributed by atoms with Gasteiger partial charge in [0.25, 0.3) is 0 Å². The normalized spacial score (nSPS) is 16.3. The zero-order valence-electron chi connectivity index (χ0n) is 6.60. The van der Waals surface area contributed by atoms with E-state index in [0.717, 1.165) is 5.57 Å².